The van der Waals surface area contributed by atoms with Gasteiger partial charge in [0, 0.05) is 0 Å². The van der Waals surface area contributed by atoms with Crippen LogP contribution in [0.2, 0.25) is 0 Å². The molecule has 0 saturated carbocycles. The van der Waals surface area contributed by atoms with Crippen molar-refractivity contribution in [3.05, 3.63) is 71.8 Å². The average molecular weight is 496 g/mol. The molecule has 8 nitrogen and oxygen atoms in total. The largest absolute Gasteiger partial charge is 0.445 e. The van der Waals surface area contributed by atoms with Crippen molar-refractivity contribution in [2.24, 2.45) is 11.8 Å². The lowest BCUT2D eigenvalue weighted by molar-refractivity contribution is -0.131. The monoisotopic (exact) mass is 495 g/mol. The average Bonchev–Trinajstić information content (AvgIpc) is 2.85. The van der Waals surface area contributed by atoms with Crippen LogP contribution in [0.25, 0.3) is 0 Å². The Balaban J connectivity index is 2.07. The molecule has 3 unspecified atom stereocenters. The van der Waals surface area contributed by atoms with Crippen LogP contribution in [-0.2, 0) is 25.7 Å². The van der Waals surface area contributed by atoms with Gasteiger partial charge in [0.15, 0.2) is 0 Å². The van der Waals surface area contributed by atoms with Crippen LogP contribution < -0.4 is 16.0 Å². The lowest BCUT2D eigenvalue weighted by Gasteiger charge is -2.26. The van der Waals surface area contributed by atoms with E-state index in [1.54, 1.807) is 24.3 Å². The van der Waals surface area contributed by atoms with Gasteiger partial charge in [-0.25, -0.2) is 4.79 Å². The van der Waals surface area contributed by atoms with E-state index < -0.39 is 36.0 Å². The molecule has 3 atom stereocenters. The number of carbonyl (C=O) groups excluding carboxylic acids is 4. The standard InChI is InChI=1S/C28H37N3O5/c1-19(2)15-23(26(33)30-25(17-32)22-13-9-6-10-14-22)29-27(34)24(16-20(3)4)31-28(35)36-18-21-11-7-5-8-12-21/h5-14,17,19-20,23-25H,15-16,18H2,1-4H3,(H,29,34)(H,30,33)(H,31,35). The number of ether oxygens (including phenoxy) is 1. The van der Waals surface area contributed by atoms with Gasteiger partial charge in [-0.1, -0.05) is 88.4 Å². The van der Waals surface area contributed by atoms with Gasteiger partial charge in [-0.05, 0) is 35.8 Å². The first-order valence-electron chi connectivity index (χ1n) is 12.3. The number of hydrogen-bond donors (Lipinski definition) is 3. The highest BCUT2D eigenvalue weighted by atomic mass is 16.5. The van der Waals surface area contributed by atoms with E-state index in [9.17, 15) is 19.2 Å². The Morgan fingerprint density at radius 2 is 1.25 bits per heavy atom. The topological polar surface area (TPSA) is 114 Å². The van der Waals surface area contributed by atoms with Crippen LogP contribution in [0, 0.1) is 11.8 Å². The molecule has 0 aliphatic heterocycles. The molecule has 2 aromatic rings. The highest BCUT2D eigenvalue weighted by Gasteiger charge is 2.29. The van der Waals surface area contributed by atoms with Gasteiger partial charge < -0.3 is 25.5 Å². The van der Waals surface area contributed by atoms with E-state index in [1.807, 2.05) is 64.1 Å². The molecule has 0 fully saturated rings. The third-order valence-corrected chi connectivity index (χ3v) is 5.46. The van der Waals surface area contributed by atoms with Crippen LogP contribution in [0.1, 0.15) is 57.7 Å². The van der Waals surface area contributed by atoms with Gasteiger partial charge in [0.2, 0.25) is 11.8 Å². The number of nitrogens with one attached hydrogen (secondary N) is 3. The van der Waals surface area contributed by atoms with Crippen molar-refractivity contribution in [3.63, 3.8) is 0 Å². The SMILES string of the molecule is CC(C)CC(NC(=O)OCc1ccccc1)C(=O)NC(CC(C)C)C(=O)NC(C=O)c1ccccc1. The molecule has 0 spiro atoms. The van der Waals surface area contributed by atoms with Crippen molar-refractivity contribution in [3.8, 4) is 0 Å². The predicted octanol–water partition coefficient (Wildman–Crippen LogP) is 3.91. The van der Waals surface area contributed by atoms with Crippen LogP contribution >= 0.6 is 0 Å². The van der Waals surface area contributed by atoms with Gasteiger partial charge in [0.25, 0.3) is 0 Å². The number of carbonyl (C=O) groups is 4. The Morgan fingerprint density at radius 3 is 1.78 bits per heavy atom. The number of rotatable bonds is 13. The van der Waals surface area contributed by atoms with Gasteiger partial charge in [-0.2, -0.15) is 0 Å². The van der Waals surface area contributed by atoms with Gasteiger partial charge >= 0.3 is 6.09 Å². The molecule has 194 valence electrons. The summed E-state index contributed by atoms with van der Waals surface area (Å²) in [6, 6.07) is 15.5. The lowest BCUT2D eigenvalue weighted by Crippen LogP contribution is -2.54. The van der Waals surface area contributed by atoms with E-state index in [0.29, 0.717) is 24.7 Å². The molecule has 0 bridgehead atoms. The van der Waals surface area contributed by atoms with Gasteiger partial charge in [0.05, 0.1) is 0 Å². The molecule has 0 aliphatic rings. The number of alkyl carbamates (subject to hydrolysis) is 1. The first-order valence-corrected chi connectivity index (χ1v) is 12.3. The molecule has 0 aromatic heterocycles. The highest BCUT2D eigenvalue weighted by Crippen LogP contribution is 2.13. The summed E-state index contributed by atoms with van der Waals surface area (Å²) in [5.41, 5.74) is 1.48. The normalized spacial score (nSPS) is 13.4. The molecule has 36 heavy (non-hydrogen) atoms. The Kier molecular flexibility index (Phi) is 11.6. The maximum atomic E-state index is 13.2. The van der Waals surface area contributed by atoms with E-state index in [-0.39, 0.29) is 18.4 Å². The maximum Gasteiger partial charge on any atom is 0.408 e. The van der Waals surface area contributed by atoms with Crippen LogP contribution in [-0.4, -0.2) is 36.3 Å². The second-order valence-corrected chi connectivity index (χ2v) is 9.61. The Morgan fingerprint density at radius 1 is 0.750 bits per heavy atom. The smallest absolute Gasteiger partial charge is 0.408 e. The summed E-state index contributed by atoms with van der Waals surface area (Å²) in [5.74, 6) is -0.749. The molecule has 0 radical (unpaired) electrons. The summed E-state index contributed by atoms with van der Waals surface area (Å²) in [7, 11) is 0. The van der Waals surface area contributed by atoms with Crippen LogP contribution in [0.15, 0.2) is 60.7 Å². The minimum atomic E-state index is -0.883. The zero-order chi connectivity index (χ0) is 26.5. The van der Waals surface area contributed by atoms with Crippen molar-refractivity contribution in [1.82, 2.24) is 16.0 Å². The van der Waals surface area contributed by atoms with Gasteiger partial charge in [-0.15, -0.1) is 0 Å². The minimum Gasteiger partial charge on any atom is -0.445 e. The van der Waals surface area contributed by atoms with Crippen LogP contribution in [0.5, 0.6) is 0 Å². The van der Waals surface area contributed by atoms with Crippen molar-refractivity contribution in [2.45, 2.75) is 65.3 Å². The van der Waals surface area contributed by atoms with E-state index in [1.165, 1.54) is 0 Å². The molecule has 2 aromatic carbocycles. The summed E-state index contributed by atoms with van der Waals surface area (Å²) >= 11 is 0. The van der Waals surface area contributed by atoms with Gasteiger partial charge in [0.1, 0.15) is 31.0 Å². The van der Waals surface area contributed by atoms with E-state index in [4.69, 9.17) is 4.74 Å². The van der Waals surface area contributed by atoms with Crippen LogP contribution in [0.3, 0.4) is 0 Å². The van der Waals surface area contributed by atoms with E-state index >= 15 is 0 Å². The zero-order valence-corrected chi connectivity index (χ0v) is 21.4. The molecular weight excluding hydrogens is 458 g/mol. The fourth-order valence-electron chi connectivity index (χ4n) is 3.70. The van der Waals surface area contributed by atoms with Crippen molar-refractivity contribution in [1.29, 1.82) is 0 Å². The first kappa shape index (κ1) is 28.6. The molecule has 3 N–H and O–H groups in total. The molecule has 3 amide bonds. The molecule has 0 heterocycles. The maximum absolute atomic E-state index is 13.2. The predicted molar refractivity (Wildman–Crippen MR) is 138 cm³/mol. The Bertz CT molecular complexity index is 979. The molecular formula is C28H37N3O5. The van der Waals surface area contributed by atoms with Crippen molar-refractivity contribution in [2.75, 3.05) is 0 Å². The second-order valence-electron chi connectivity index (χ2n) is 9.61. The van der Waals surface area contributed by atoms with E-state index in [2.05, 4.69) is 16.0 Å². The Hall–Kier alpha value is -3.68. The summed E-state index contributed by atoms with van der Waals surface area (Å²) in [6.45, 7) is 7.82. The second kappa shape index (κ2) is 14.7. The number of aldehydes is 1. The van der Waals surface area contributed by atoms with E-state index in [0.717, 1.165) is 5.56 Å². The van der Waals surface area contributed by atoms with Gasteiger partial charge in [-0.3, -0.25) is 9.59 Å². The first-order chi connectivity index (χ1) is 17.2. The number of hydrogen-bond acceptors (Lipinski definition) is 5. The molecule has 0 aliphatic carbocycles. The fraction of sp³-hybridized carbons (Fsp3) is 0.429. The third-order valence-electron chi connectivity index (χ3n) is 5.46. The minimum absolute atomic E-state index is 0.0770. The quantitative estimate of drug-likeness (QED) is 0.365. The summed E-state index contributed by atoms with van der Waals surface area (Å²) in [5, 5.41) is 8.13. The molecule has 2 rings (SSSR count). The third kappa shape index (κ3) is 9.90. The molecule has 0 saturated heterocycles. The zero-order valence-electron chi connectivity index (χ0n) is 21.4. The summed E-state index contributed by atoms with van der Waals surface area (Å²) in [6.07, 6.45) is 0.677. The molecule has 8 heteroatoms. The fourth-order valence-corrected chi connectivity index (χ4v) is 3.70. The Labute approximate surface area is 213 Å². The van der Waals surface area contributed by atoms with Crippen molar-refractivity contribution < 1.29 is 23.9 Å². The summed E-state index contributed by atoms with van der Waals surface area (Å²) < 4.78 is 5.28. The number of benzene rings is 2. The number of amides is 3. The van der Waals surface area contributed by atoms with Crippen LogP contribution in [0.4, 0.5) is 4.79 Å². The highest BCUT2D eigenvalue weighted by molar-refractivity contribution is 5.92. The summed E-state index contributed by atoms with van der Waals surface area (Å²) in [4.78, 5) is 50.3. The van der Waals surface area contributed by atoms with Crippen molar-refractivity contribution >= 4 is 24.2 Å². The lowest BCUT2D eigenvalue weighted by atomic mass is 9.99.